The molecular formula is C15H19N3O. The van der Waals surface area contributed by atoms with Crippen LogP contribution in [0, 0.1) is 0 Å². The smallest absolute Gasteiger partial charge is 0.148 e. The predicted octanol–water partition coefficient (Wildman–Crippen LogP) is 3.15. The van der Waals surface area contributed by atoms with Crippen LogP contribution >= 0.6 is 0 Å². The summed E-state index contributed by atoms with van der Waals surface area (Å²) in [5.74, 6) is 1.72. The van der Waals surface area contributed by atoms with Gasteiger partial charge in [-0.1, -0.05) is 6.92 Å². The quantitative estimate of drug-likeness (QED) is 0.893. The van der Waals surface area contributed by atoms with E-state index in [0.29, 0.717) is 0 Å². The maximum Gasteiger partial charge on any atom is 0.148 e. The lowest BCUT2D eigenvalue weighted by Crippen LogP contribution is -2.00. The molecule has 0 aliphatic carbocycles. The average Bonchev–Trinajstić information content (AvgIpc) is 2.47. The highest BCUT2D eigenvalue weighted by Gasteiger charge is 2.06. The molecule has 0 unspecified atom stereocenters. The summed E-state index contributed by atoms with van der Waals surface area (Å²) in [6.07, 6.45) is 0.930. The zero-order valence-corrected chi connectivity index (χ0v) is 11.6. The number of anilines is 1. The highest BCUT2D eigenvalue weighted by Crippen LogP contribution is 2.25. The van der Waals surface area contributed by atoms with Gasteiger partial charge in [0.25, 0.3) is 0 Å². The van der Waals surface area contributed by atoms with Crippen LogP contribution in [-0.2, 0) is 6.42 Å². The molecule has 0 saturated heterocycles. The highest BCUT2D eigenvalue weighted by atomic mass is 16.5. The van der Waals surface area contributed by atoms with E-state index in [0.717, 1.165) is 35.8 Å². The number of methoxy groups -OCH3 is 1. The zero-order chi connectivity index (χ0) is 13.7. The van der Waals surface area contributed by atoms with Crippen molar-refractivity contribution in [1.82, 2.24) is 10.2 Å². The first-order valence-corrected chi connectivity index (χ1v) is 6.53. The fraction of sp³-hybridized carbons (Fsp3) is 0.333. The number of hydrogen-bond acceptors (Lipinski definition) is 4. The Hall–Kier alpha value is -2.10. The van der Waals surface area contributed by atoms with Gasteiger partial charge in [0.2, 0.25) is 0 Å². The molecule has 19 heavy (non-hydrogen) atoms. The summed E-state index contributed by atoms with van der Waals surface area (Å²) in [7, 11) is 1.69. The van der Waals surface area contributed by atoms with Crippen molar-refractivity contribution in [2.24, 2.45) is 0 Å². The SMILES string of the molecule is CCNc1ccc(-c2ccc(OC)c(CC)c2)nn1. The van der Waals surface area contributed by atoms with Crippen LogP contribution in [-0.4, -0.2) is 23.9 Å². The van der Waals surface area contributed by atoms with Crippen LogP contribution in [0.3, 0.4) is 0 Å². The molecule has 0 radical (unpaired) electrons. The van der Waals surface area contributed by atoms with Crippen molar-refractivity contribution in [3.8, 4) is 17.0 Å². The van der Waals surface area contributed by atoms with Crippen molar-refractivity contribution in [1.29, 1.82) is 0 Å². The summed E-state index contributed by atoms with van der Waals surface area (Å²) >= 11 is 0. The van der Waals surface area contributed by atoms with Gasteiger partial charge in [0.15, 0.2) is 0 Å². The van der Waals surface area contributed by atoms with E-state index in [1.165, 1.54) is 5.56 Å². The third-order valence-electron chi connectivity index (χ3n) is 2.98. The molecule has 4 heteroatoms. The fourth-order valence-corrected chi connectivity index (χ4v) is 1.98. The Morgan fingerprint density at radius 3 is 2.53 bits per heavy atom. The Labute approximate surface area is 113 Å². The number of ether oxygens (including phenoxy) is 1. The molecule has 100 valence electrons. The number of aromatic nitrogens is 2. The second kappa shape index (κ2) is 6.18. The normalized spacial score (nSPS) is 10.3. The largest absolute Gasteiger partial charge is 0.496 e. The first kappa shape index (κ1) is 13.3. The molecule has 0 saturated carbocycles. The van der Waals surface area contributed by atoms with Crippen LogP contribution in [0.4, 0.5) is 5.82 Å². The van der Waals surface area contributed by atoms with Crippen LogP contribution in [0.25, 0.3) is 11.3 Å². The minimum Gasteiger partial charge on any atom is -0.496 e. The molecule has 0 aliphatic heterocycles. The molecule has 0 amide bonds. The second-order valence-electron chi connectivity index (χ2n) is 4.21. The molecule has 0 bridgehead atoms. The summed E-state index contributed by atoms with van der Waals surface area (Å²) in [6.45, 7) is 4.99. The van der Waals surface area contributed by atoms with Crippen molar-refractivity contribution < 1.29 is 4.74 Å². The Morgan fingerprint density at radius 1 is 1.11 bits per heavy atom. The first-order chi connectivity index (χ1) is 9.28. The van der Waals surface area contributed by atoms with Crippen LogP contribution in [0.2, 0.25) is 0 Å². The third kappa shape index (κ3) is 3.02. The van der Waals surface area contributed by atoms with Crippen LogP contribution in [0.15, 0.2) is 30.3 Å². The van der Waals surface area contributed by atoms with E-state index < -0.39 is 0 Å². The second-order valence-corrected chi connectivity index (χ2v) is 4.21. The monoisotopic (exact) mass is 257 g/mol. The number of nitrogens with one attached hydrogen (secondary N) is 1. The van der Waals surface area contributed by atoms with Gasteiger partial charge in [-0.25, -0.2) is 0 Å². The van der Waals surface area contributed by atoms with E-state index in [4.69, 9.17) is 4.74 Å². The first-order valence-electron chi connectivity index (χ1n) is 6.53. The summed E-state index contributed by atoms with van der Waals surface area (Å²) in [6, 6.07) is 10.0. The Bertz CT molecular complexity index is 538. The Balaban J connectivity index is 2.30. The van der Waals surface area contributed by atoms with Gasteiger partial charge in [-0.15, -0.1) is 10.2 Å². The molecule has 4 nitrogen and oxygen atoms in total. The average molecular weight is 257 g/mol. The number of nitrogens with zero attached hydrogens (tertiary/aromatic N) is 2. The third-order valence-corrected chi connectivity index (χ3v) is 2.98. The number of benzene rings is 1. The summed E-state index contributed by atoms with van der Waals surface area (Å²) in [4.78, 5) is 0. The van der Waals surface area contributed by atoms with Crippen LogP contribution < -0.4 is 10.1 Å². The Morgan fingerprint density at radius 2 is 1.95 bits per heavy atom. The van der Waals surface area contributed by atoms with Gasteiger partial charge in [0.05, 0.1) is 12.8 Å². The van der Waals surface area contributed by atoms with Gasteiger partial charge in [0, 0.05) is 12.1 Å². The van der Waals surface area contributed by atoms with Crippen molar-refractivity contribution in [3.63, 3.8) is 0 Å². The lowest BCUT2D eigenvalue weighted by molar-refractivity contribution is 0.410. The molecule has 2 aromatic rings. The van der Waals surface area contributed by atoms with E-state index in [1.807, 2.05) is 31.2 Å². The number of rotatable bonds is 5. The van der Waals surface area contributed by atoms with Crippen molar-refractivity contribution in [2.45, 2.75) is 20.3 Å². The van der Waals surface area contributed by atoms with Crippen molar-refractivity contribution >= 4 is 5.82 Å². The van der Waals surface area contributed by atoms with Crippen LogP contribution in [0.1, 0.15) is 19.4 Å². The number of hydrogen-bond donors (Lipinski definition) is 1. The lowest BCUT2D eigenvalue weighted by Gasteiger charge is -2.09. The van der Waals surface area contributed by atoms with Gasteiger partial charge in [-0.05, 0) is 49.2 Å². The van der Waals surface area contributed by atoms with Crippen molar-refractivity contribution in [2.75, 3.05) is 19.0 Å². The Kier molecular flexibility index (Phi) is 4.34. The van der Waals surface area contributed by atoms with Gasteiger partial charge in [-0.2, -0.15) is 0 Å². The minimum absolute atomic E-state index is 0.801. The molecule has 0 spiro atoms. The lowest BCUT2D eigenvalue weighted by atomic mass is 10.1. The maximum atomic E-state index is 5.33. The molecule has 0 atom stereocenters. The van der Waals surface area contributed by atoms with E-state index in [2.05, 4.69) is 28.5 Å². The molecule has 1 aromatic carbocycles. The van der Waals surface area contributed by atoms with E-state index in [1.54, 1.807) is 7.11 Å². The van der Waals surface area contributed by atoms with Crippen LogP contribution in [0.5, 0.6) is 5.75 Å². The molecule has 0 fully saturated rings. The molecular weight excluding hydrogens is 238 g/mol. The minimum atomic E-state index is 0.801. The van der Waals surface area contributed by atoms with E-state index in [9.17, 15) is 0 Å². The number of aryl methyl sites for hydroxylation is 1. The molecule has 1 N–H and O–H groups in total. The van der Waals surface area contributed by atoms with E-state index in [-0.39, 0.29) is 0 Å². The van der Waals surface area contributed by atoms with E-state index >= 15 is 0 Å². The molecule has 1 heterocycles. The van der Waals surface area contributed by atoms with Gasteiger partial charge >= 0.3 is 0 Å². The highest BCUT2D eigenvalue weighted by molar-refractivity contribution is 5.62. The fourth-order valence-electron chi connectivity index (χ4n) is 1.98. The van der Waals surface area contributed by atoms with Gasteiger partial charge < -0.3 is 10.1 Å². The maximum absolute atomic E-state index is 5.33. The standard InChI is InChI=1S/C15H19N3O/c1-4-11-10-12(6-8-14(11)19-3)13-7-9-15(16-5-2)18-17-13/h6-10H,4-5H2,1-3H3,(H,16,18). The predicted molar refractivity (Wildman–Crippen MR) is 77.6 cm³/mol. The molecule has 1 aromatic heterocycles. The topological polar surface area (TPSA) is 47.0 Å². The summed E-state index contributed by atoms with van der Waals surface area (Å²) in [5.41, 5.74) is 3.12. The van der Waals surface area contributed by atoms with Gasteiger partial charge in [0.1, 0.15) is 11.6 Å². The van der Waals surface area contributed by atoms with Gasteiger partial charge in [-0.3, -0.25) is 0 Å². The summed E-state index contributed by atoms with van der Waals surface area (Å²) in [5, 5.41) is 11.5. The molecule has 0 aliphatic rings. The molecule has 2 rings (SSSR count). The zero-order valence-electron chi connectivity index (χ0n) is 11.6. The summed E-state index contributed by atoms with van der Waals surface area (Å²) < 4.78 is 5.33. The van der Waals surface area contributed by atoms with Crippen molar-refractivity contribution in [3.05, 3.63) is 35.9 Å².